The average molecular weight is 1020 g/mol. The molecule has 6 rings (SSSR count). The number of thiazole rings is 2. The molecule has 0 aliphatic rings. The number of fused-ring (bicyclic) bond motifs is 2. The number of pyridine rings is 2. The first kappa shape index (κ1) is 56.2. The van der Waals surface area contributed by atoms with Crippen molar-refractivity contribution in [1.29, 1.82) is 0 Å². The molecule has 0 aliphatic carbocycles. The van der Waals surface area contributed by atoms with Crippen LogP contribution >= 0.6 is 22.7 Å². The Morgan fingerprint density at radius 2 is 1.17 bits per heavy atom. The van der Waals surface area contributed by atoms with Crippen molar-refractivity contribution in [2.24, 2.45) is 9.98 Å². The number of amides is 2. The topological polar surface area (TPSA) is 161 Å². The maximum atomic E-state index is 14.0. The summed E-state index contributed by atoms with van der Waals surface area (Å²) < 4.78 is 123. The van der Waals surface area contributed by atoms with Crippen molar-refractivity contribution >= 4 is 54.9 Å². The molecule has 0 fully saturated rings. The number of methoxy groups -OCH3 is 2. The van der Waals surface area contributed by atoms with E-state index in [2.05, 4.69) is 24.7 Å². The fourth-order valence-electron chi connectivity index (χ4n) is 5.90. The van der Waals surface area contributed by atoms with Crippen LogP contribution in [0.4, 0.5) is 30.7 Å². The molecule has 6 aromatic rings. The number of alkyl halides is 6. The monoisotopic (exact) mass is 1010 g/mol. The van der Waals surface area contributed by atoms with Gasteiger partial charge in [0.1, 0.15) is 31.8 Å². The van der Waals surface area contributed by atoms with E-state index in [0.29, 0.717) is 40.9 Å². The van der Waals surface area contributed by atoms with Gasteiger partial charge >= 0.3 is 12.4 Å². The van der Waals surface area contributed by atoms with Crippen molar-refractivity contribution in [3.05, 3.63) is 111 Å². The number of carbonyl (C=O) groups is 2. The fraction of sp³-hybridized carbons (Fsp3) is 0.435. The van der Waals surface area contributed by atoms with Gasteiger partial charge in [-0.3, -0.25) is 19.6 Å². The van der Waals surface area contributed by atoms with Crippen molar-refractivity contribution in [2.45, 2.75) is 91.0 Å². The van der Waals surface area contributed by atoms with Crippen LogP contribution in [-0.4, -0.2) is 89.3 Å². The molecule has 69 heavy (non-hydrogen) atoms. The lowest BCUT2D eigenvalue weighted by atomic mass is 10.1. The van der Waals surface area contributed by atoms with Gasteiger partial charge in [-0.2, -0.15) is 36.3 Å². The van der Waals surface area contributed by atoms with E-state index < -0.39 is 52.8 Å². The largest absolute Gasteiger partial charge is 0.490 e. The number of ether oxygens (including phenoxy) is 5. The summed E-state index contributed by atoms with van der Waals surface area (Å²) in [5.41, 5.74) is -1.44. The highest BCUT2D eigenvalue weighted by atomic mass is 32.1. The minimum absolute atomic E-state index is 0.00231. The molecule has 14 nitrogen and oxygen atoms in total. The minimum Gasteiger partial charge on any atom is -0.490 e. The number of halogens is 7. The molecule has 376 valence electrons. The molecule has 2 aromatic carbocycles. The summed E-state index contributed by atoms with van der Waals surface area (Å²) in [5.74, 6) is -2.92. The second kappa shape index (κ2) is 27.1. The van der Waals surface area contributed by atoms with E-state index in [1.165, 1.54) is 29.8 Å². The Bertz CT molecular complexity index is 2740. The number of carbonyl (C=O) groups excluding carboxylic acids is 2. The zero-order chi connectivity index (χ0) is 50.7. The Hall–Kier alpha value is -5.43. The first-order chi connectivity index (χ1) is 32.9. The first-order valence-electron chi connectivity index (χ1n) is 21.4. The van der Waals surface area contributed by atoms with Gasteiger partial charge in [0.2, 0.25) is 0 Å². The van der Waals surface area contributed by atoms with Crippen LogP contribution in [0, 0.1) is 5.82 Å². The predicted octanol–water partition coefficient (Wildman–Crippen LogP) is 9.83. The van der Waals surface area contributed by atoms with Crippen LogP contribution in [0.3, 0.4) is 0 Å². The van der Waals surface area contributed by atoms with Crippen molar-refractivity contribution in [2.75, 3.05) is 41.0 Å². The molecule has 0 saturated carbocycles. The van der Waals surface area contributed by atoms with E-state index in [4.69, 9.17) is 24.1 Å². The maximum Gasteiger partial charge on any atom is 0.416 e. The van der Waals surface area contributed by atoms with Gasteiger partial charge in [-0.05, 0) is 75.2 Å². The summed E-state index contributed by atoms with van der Waals surface area (Å²) >= 11 is 2.48. The van der Waals surface area contributed by atoms with Crippen LogP contribution in [0.25, 0.3) is 20.4 Å². The maximum absolute atomic E-state index is 14.0. The van der Waals surface area contributed by atoms with Gasteiger partial charge < -0.3 is 37.9 Å². The van der Waals surface area contributed by atoms with Crippen LogP contribution in [0.1, 0.15) is 85.2 Å². The molecule has 0 bridgehead atoms. The fourth-order valence-corrected chi connectivity index (χ4v) is 7.95. The molecule has 2 atom stereocenters. The van der Waals surface area contributed by atoms with E-state index >= 15 is 0 Å². The summed E-state index contributed by atoms with van der Waals surface area (Å²) in [6.45, 7) is 9.07. The van der Waals surface area contributed by atoms with Crippen molar-refractivity contribution < 1.29 is 69.1 Å². The van der Waals surface area contributed by atoms with Crippen LogP contribution in [0.15, 0.2) is 83.3 Å². The number of nitrogens with zero attached hydrogens (tertiary/aromatic N) is 6. The van der Waals surface area contributed by atoms with Gasteiger partial charge in [0, 0.05) is 39.7 Å². The molecule has 0 radical (unpaired) electrons. The number of benzene rings is 2. The molecular formula is C46H53F7N6O8S2. The molecule has 4 aromatic heterocycles. The lowest BCUT2D eigenvalue weighted by molar-refractivity contribution is -0.138. The molecule has 0 spiro atoms. The summed E-state index contributed by atoms with van der Waals surface area (Å²) in [4.78, 5) is 42.6. The lowest BCUT2D eigenvalue weighted by Crippen LogP contribution is -2.21. The van der Waals surface area contributed by atoms with Gasteiger partial charge in [0.25, 0.3) is 11.8 Å². The third-order valence-electron chi connectivity index (χ3n) is 9.57. The van der Waals surface area contributed by atoms with Crippen molar-refractivity contribution in [1.82, 2.24) is 19.1 Å². The molecule has 0 saturated heterocycles. The smallest absolute Gasteiger partial charge is 0.416 e. The number of aryl methyl sites for hydroxylation is 2. The van der Waals surface area contributed by atoms with Gasteiger partial charge in [-0.1, -0.05) is 49.4 Å². The van der Waals surface area contributed by atoms with Crippen LogP contribution < -0.4 is 14.3 Å². The Morgan fingerprint density at radius 1 is 0.710 bits per heavy atom. The zero-order valence-electron chi connectivity index (χ0n) is 38.6. The quantitative estimate of drug-likeness (QED) is 0.0649. The van der Waals surface area contributed by atoms with Crippen LogP contribution in [0.5, 0.6) is 5.75 Å². The molecule has 2 amide bonds. The van der Waals surface area contributed by atoms with E-state index in [9.17, 15) is 40.3 Å². The Balaban J connectivity index is 0.000000264. The number of unbranched alkanes of at least 4 members (excludes halogenated alkanes) is 2. The van der Waals surface area contributed by atoms with Gasteiger partial charge in [-0.25, -0.2) is 4.39 Å². The summed E-state index contributed by atoms with van der Waals surface area (Å²) in [6, 6.07) is 8.07. The highest BCUT2D eigenvalue weighted by Gasteiger charge is 2.33. The molecule has 23 heteroatoms. The number of hydrogen-bond donors (Lipinski definition) is 1. The van der Waals surface area contributed by atoms with Crippen LogP contribution in [-0.2, 0) is 44.4 Å². The zero-order valence-corrected chi connectivity index (χ0v) is 40.2. The van der Waals surface area contributed by atoms with Crippen LogP contribution in [0.2, 0.25) is 0 Å². The third-order valence-corrected chi connectivity index (χ3v) is 11.7. The second-order valence-corrected chi connectivity index (χ2v) is 17.0. The highest BCUT2D eigenvalue weighted by molar-refractivity contribution is 7.16. The first-order valence-corrected chi connectivity index (χ1v) is 23.1. The SMILES string of the molecule is CCCCn1c(=NC(=O)c2cc(C(F)(F)F)ccc2F)sc2ccncc21.CCCCn1c(=NC(=O)c2cc(C(F)(F)F)ccc2OC[C@H](C)OCOC)sc2ccncc21.COCO[C@@H](C)CO. The Morgan fingerprint density at radius 3 is 1.64 bits per heavy atom. The number of rotatable bonds is 18. The minimum atomic E-state index is -4.67. The molecule has 1 N–H and O–H groups in total. The van der Waals surface area contributed by atoms with E-state index in [0.717, 1.165) is 64.3 Å². The third kappa shape index (κ3) is 16.6. The number of aliphatic hydroxyl groups is 1. The van der Waals surface area contributed by atoms with E-state index in [1.807, 2.05) is 24.5 Å². The normalized spacial score (nSPS) is 13.2. The Kier molecular flexibility index (Phi) is 22.1. The molecule has 0 aliphatic heterocycles. The predicted molar refractivity (Wildman–Crippen MR) is 245 cm³/mol. The van der Waals surface area contributed by atoms with E-state index in [1.54, 1.807) is 56.4 Å². The van der Waals surface area contributed by atoms with E-state index in [-0.39, 0.29) is 44.2 Å². The molecular weight excluding hydrogens is 962 g/mol. The van der Waals surface area contributed by atoms with Gasteiger partial charge in [-0.15, -0.1) is 0 Å². The average Bonchev–Trinajstić information content (AvgIpc) is 3.86. The summed E-state index contributed by atoms with van der Waals surface area (Å²) in [7, 11) is 3.02. The van der Waals surface area contributed by atoms with Crippen molar-refractivity contribution in [3.8, 4) is 5.75 Å². The lowest BCUT2D eigenvalue weighted by Gasteiger charge is -2.16. The Labute approximate surface area is 400 Å². The summed E-state index contributed by atoms with van der Waals surface area (Å²) in [5, 5.41) is 8.38. The van der Waals surface area contributed by atoms with Gasteiger partial charge in [0.15, 0.2) is 9.60 Å². The highest BCUT2D eigenvalue weighted by Crippen LogP contribution is 2.34. The molecule has 4 heterocycles. The standard InChI is InChI=1S/C23H26F3N3O4S.C18H15F4N3OS.C5H12O3/c1-4-5-10-29-18-12-27-9-8-20(18)34-22(29)28-21(30)17-11-16(23(24,25)26)6-7-19(17)32-13-15(2)33-14-31-3;1-2-3-8-25-14-10-23-7-6-15(14)27-17(25)24-16(26)12-9-11(18(20,21)22)4-5-13(12)19;1-5(3-6)8-4-7-2/h6-9,11-12,15H,4-5,10,13-14H2,1-3H3;4-7,9-10H,2-3,8H2,1H3;5-6H,3-4H2,1-2H3/t15-;;5-/m0.0/s1. The number of hydrogen-bond acceptors (Lipinski definition) is 12. The van der Waals surface area contributed by atoms with Crippen molar-refractivity contribution in [3.63, 3.8) is 0 Å². The number of aliphatic hydroxyl groups excluding tert-OH is 1. The van der Waals surface area contributed by atoms with Gasteiger partial charge in [0.05, 0.1) is 73.9 Å². The second-order valence-electron chi connectivity index (χ2n) is 15.0. The summed E-state index contributed by atoms with van der Waals surface area (Å²) in [6.07, 6.45) is 0.234. The number of aromatic nitrogens is 4. The molecule has 0 unspecified atom stereocenters.